The highest BCUT2D eigenvalue weighted by Gasteiger charge is 2.49. The van der Waals surface area contributed by atoms with Crippen LogP contribution in [0.4, 0.5) is 0 Å². The van der Waals surface area contributed by atoms with Crippen LogP contribution in [0.3, 0.4) is 0 Å². The number of nitrogens with zero attached hydrogens (tertiary/aromatic N) is 2. The van der Waals surface area contributed by atoms with Crippen molar-refractivity contribution in [3.8, 4) is 0 Å². The second-order valence-electron chi connectivity index (χ2n) is 5.13. The van der Waals surface area contributed by atoms with E-state index >= 15 is 0 Å². The lowest BCUT2D eigenvalue weighted by atomic mass is 9.86. The van der Waals surface area contributed by atoms with E-state index in [1.165, 1.54) is 12.8 Å². The third-order valence-electron chi connectivity index (χ3n) is 3.85. The van der Waals surface area contributed by atoms with Crippen LogP contribution < -0.4 is 9.88 Å². The second-order valence-corrected chi connectivity index (χ2v) is 5.13. The highest BCUT2D eigenvalue weighted by Crippen LogP contribution is 2.38. The van der Waals surface area contributed by atoms with Crippen LogP contribution in [0.2, 0.25) is 0 Å². The summed E-state index contributed by atoms with van der Waals surface area (Å²) in [5, 5.41) is 14.3. The van der Waals surface area contributed by atoms with Crippen molar-refractivity contribution in [2.75, 3.05) is 0 Å². The molecule has 2 aliphatic heterocycles. The fourth-order valence-electron chi connectivity index (χ4n) is 3.20. The van der Waals surface area contributed by atoms with Gasteiger partial charge in [-0.1, -0.05) is 4.98 Å². The van der Waals surface area contributed by atoms with Crippen LogP contribution in [-0.2, 0) is 12.6 Å². The Hall–Kier alpha value is -1.00. The summed E-state index contributed by atoms with van der Waals surface area (Å²) in [7, 11) is 1.95. The molecule has 2 unspecified atom stereocenters. The van der Waals surface area contributed by atoms with Crippen molar-refractivity contribution in [1.82, 2.24) is 10.3 Å². The number of hydrogen-bond donors (Lipinski definition) is 2. The Labute approximate surface area is 95.3 Å². The lowest BCUT2D eigenvalue weighted by Gasteiger charge is -2.33. The fraction of sp³-hybridized carbons (Fsp3) is 0.667. The van der Waals surface area contributed by atoms with Crippen LogP contribution >= 0.6 is 0 Å². The van der Waals surface area contributed by atoms with Gasteiger partial charge in [0.15, 0.2) is 5.60 Å². The quantitative estimate of drug-likeness (QED) is 0.655. The first-order valence-corrected chi connectivity index (χ1v) is 5.97. The lowest BCUT2D eigenvalue weighted by molar-refractivity contribution is -0.690. The molecule has 3 heterocycles. The lowest BCUT2D eigenvalue weighted by Crippen LogP contribution is -2.52. The van der Waals surface area contributed by atoms with Gasteiger partial charge in [-0.2, -0.15) is 0 Å². The van der Waals surface area contributed by atoms with Crippen molar-refractivity contribution >= 4 is 0 Å². The van der Waals surface area contributed by atoms with Crippen LogP contribution in [0.15, 0.2) is 18.5 Å². The number of piperidine rings is 1. The molecule has 2 fully saturated rings. The van der Waals surface area contributed by atoms with Gasteiger partial charge in [0.05, 0.1) is 13.2 Å². The Bertz CT molecular complexity index is 395. The zero-order valence-corrected chi connectivity index (χ0v) is 9.56. The molecule has 86 valence electrons. The molecule has 2 atom stereocenters. The van der Waals surface area contributed by atoms with Crippen LogP contribution in [0.25, 0.3) is 0 Å². The first-order chi connectivity index (χ1) is 7.67. The maximum absolute atomic E-state index is 10.8. The van der Waals surface area contributed by atoms with Crippen molar-refractivity contribution in [2.24, 2.45) is 7.05 Å². The molecular formula is C12H18N3O+. The van der Waals surface area contributed by atoms with Crippen LogP contribution in [0.5, 0.6) is 0 Å². The molecule has 4 heteroatoms. The van der Waals surface area contributed by atoms with Gasteiger partial charge in [-0.3, -0.25) is 0 Å². The average molecular weight is 220 g/mol. The second kappa shape index (κ2) is 3.50. The van der Waals surface area contributed by atoms with E-state index in [1.807, 2.05) is 23.9 Å². The fourth-order valence-corrected chi connectivity index (χ4v) is 3.20. The van der Waals surface area contributed by atoms with Gasteiger partial charge < -0.3 is 10.4 Å². The van der Waals surface area contributed by atoms with Gasteiger partial charge in [-0.15, -0.1) is 0 Å². The monoisotopic (exact) mass is 220 g/mol. The SMILES string of the molecule is C[n+]1cccnc1C1(O)CC2CCC(C1)N2. The number of aliphatic hydroxyl groups is 1. The summed E-state index contributed by atoms with van der Waals surface area (Å²) in [6.45, 7) is 0. The van der Waals surface area contributed by atoms with E-state index in [0.29, 0.717) is 12.1 Å². The summed E-state index contributed by atoms with van der Waals surface area (Å²) in [6.07, 6.45) is 7.65. The number of rotatable bonds is 1. The van der Waals surface area contributed by atoms with Crippen LogP contribution in [0.1, 0.15) is 31.5 Å². The molecule has 3 rings (SSSR count). The molecule has 1 aromatic heterocycles. The molecule has 0 saturated carbocycles. The highest BCUT2D eigenvalue weighted by atomic mass is 16.3. The molecule has 0 spiro atoms. The van der Waals surface area contributed by atoms with Crippen LogP contribution in [-0.4, -0.2) is 22.2 Å². The van der Waals surface area contributed by atoms with Gasteiger partial charge in [0.2, 0.25) is 0 Å². The molecule has 0 aliphatic carbocycles. The Balaban J connectivity index is 1.96. The van der Waals surface area contributed by atoms with Crippen molar-refractivity contribution < 1.29 is 9.67 Å². The third-order valence-corrected chi connectivity index (χ3v) is 3.85. The number of fused-ring (bicyclic) bond motifs is 2. The molecule has 4 nitrogen and oxygen atoms in total. The largest absolute Gasteiger partial charge is 0.377 e. The van der Waals surface area contributed by atoms with Crippen molar-refractivity contribution in [3.63, 3.8) is 0 Å². The summed E-state index contributed by atoms with van der Waals surface area (Å²) < 4.78 is 1.94. The average Bonchev–Trinajstić information content (AvgIpc) is 2.59. The molecule has 2 saturated heterocycles. The minimum absolute atomic E-state index is 0.464. The molecular weight excluding hydrogens is 202 g/mol. The standard InChI is InChI=1S/C12H18N3O/c1-15-6-2-5-13-11(15)12(16)7-9-3-4-10(8-12)14-9/h2,5-6,9-10,14,16H,3-4,7-8H2,1H3/q+1. The van der Waals surface area contributed by atoms with E-state index in [2.05, 4.69) is 10.3 Å². The van der Waals surface area contributed by atoms with E-state index in [9.17, 15) is 5.11 Å². The minimum Gasteiger partial charge on any atom is -0.377 e. The van der Waals surface area contributed by atoms with Crippen molar-refractivity contribution in [2.45, 2.75) is 43.4 Å². The van der Waals surface area contributed by atoms with E-state index in [4.69, 9.17) is 0 Å². The van der Waals surface area contributed by atoms with Crippen LogP contribution in [0, 0.1) is 0 Å². The number of nitrogens with one attached hydrogen (secondary N) is 1. The summed E-state index contributed by atoms with van der Waals surface area (Å²) >= 11 is 0. The number of aryl methyl sites for hydroxylation is 1. The zero-order chi connectivity index (χ0) is 11.2. The Morgan fingerprint density at radius 3 is 2.75 bits per heavy atom. The predicted molar refractivity (Wildman–Crippen MR) is 58.5 cm³/mol. The highest BCUT2D eigenvalue weighted by molar-refractivity contribution is 5.06. The maximum atomic E-state index is 10.8. The Morgan fingerprint density at radius 2 is 2.12 bits per heavy atom. The molecule has 2 N–H and O–H groups in total. The number of aromatic nitrogens is 2. The zero-order valence-electron chi connectivity index (χ0n) is 9.56. The van der Waals surface area contributed by atoms with Crippen molar-refractivity contribution in [1.29, 1.82) is 0 Å². The molecule has 0 aromatic carbocycles. The smallest absolute Gasteiger partial charge is 0.329 e. The number of hydrogen-bond acceptors (Lipinski definition) is 3. The topological polar surface area (TPSA) is 49.0 Å². The molecule has 16 heavy (non-hydrogen) atoms. The molecule has 1 aromatic rings. The predicted octanol–water partition coefficient (Wildman–Crippen LogP) is 0.00810. The summed E-state index contributed by atoms with van der Waals surface area (Å²) in [4.78, 5) is 4.36. The summed E-state index contributed by atoms with van der Waals surface area (Å²) in [5.41, 5.74) is -0.743. The van der Waals surface area contributed by atoms with E-state index in [0.717, 1.165) is 18.7 Å². The van der Waals surface area contributed by atoms with Gasteiger partial charge in [-0.25, -0.2) is 4.57 Å². The first kappa shape index (κ1) is 10.2. The van der Waals surface area contributed by atoms with Gasteiger partial charge in [0, 0.05) is 31.0 Å². The van der Waals surface area contributed by atoms with Gasteiger partial charge in [-0.05, 0) is 12.8 Å². The summed E-state index contributed by atoms with van der Waals surface area (Å²) in [5.74, 6) is 0.799. The van der Waals surface area contributed by atoms with E-state index in [1.54, 1.807) is 6.20 Å². The summed E-state index contributed by atoms with van der Waals surface area (Å²) in [6, 6.07) is 2.82. The van der Waals surface area contributed by atoms with Gasteiger partial charge in [0.1, 0.15) is 6.20 Å². The van der Waals surface area contributed by atoms with E-state index in [-0.39, 0.29) is 0 Å². The maximum Gasteiger partial charge on any atom is 0.329 e. The van der Waals surface area contributed by atoms with Gasteiger partial charge in [0.25, 0.3) is 0 Å². The normalized spacial score (nSPS) is 37.6. The first-order valence-electron chi connectivity index (χ1n) is 5.97. The molecule has 2 bridgehead atoms. The minimum atomic E-state index is -0.743. The Morgan fingerprint density at radius 1 is 1.44 bits per heavy atom. The third kappa shape index (κ3) is 1.53. The Kier molecular flexibility index (Phi) is 2.23. The molecule has 2 aliphatic rings. The molecule has 0 amide bonds. The van der Waals surface area contributed by atoms with E-state index < -0.39 is 5.60 Å². The van der Waals surface area contributed by atoms with Gasteiger partial charge >= 0.3 is 5.82 Å². The van der Waals surface area contributed by atoms with Crippen molar-refractivity contribution in [3.05, 3.63) is 24.3 Å². The molecule has 0 radical (unpaired) electrons.